The highest BCUT2D eigenvalue weighted by Gasteiger charge is 2.23. The zero-order valence-electron chi connectivity index (χ0n) is 16.5. The number of carbonyl (C=O) groups is 1. The van der Waals surface area contributed by atoms with Crippen molar-refractivity contribution in [2.24, 2.45) is 0 Å². The fraction of sp³-hybridized carbons (Fsp3) is 0.273. The second-order valence-electron chi connectivity index (χ2n) is 7.43. The maximum absolute atomic E-state index is 12.9. The highest BCUT2D eigenvalue weighted by molar-refractivity contribution is 6.04. The fourth-order valence-corrected chi connectivity index (χ4v) is 3.64. The normalized spacial score (nSPS) is 16.6. The number of aromatic nitrogens is 4. The molecule has 8 heteroatoms. The van der Waals surface area contributed by atoms with Gasteiger partial charge in [-0.15, -0.1) is 0 Å². The van der Waals surface area contributed by atoms with Gasteiger partial charge in [0.25, 0.3) is 5.91 Å². The van der Waals surface area contributed by atoms with Crippen molar-refractivity contribution in [3.8, 4) is 11.4 Å². The molecule has 1 aliphatic heterocycles. The van der Waals surface area contributed by atoms with Crippen molar-refractivity contribution < 1.29 is 14.1 Å². The topological polar surface area (TPSA) is 94.5 Å². The summed E-state index contributed by atoms with van der Waals surface area (Å²) in [5.74, 6) is 1.00. The molecule has 0 aliphatic carbocycles. The first-order valence-corrected chi connectivity index (χ1v) is 9.95. The lowest BCUT2D eigenvalue weighted by atomic mass is 10.0. The van der Waals surface area contributed by atoms with E-state index < -0.39 is 0 Å². The molecule has 0 bridgehead atoms. The van der Waals surface area contributed by atoms with Gasteiger partial charge in [0, 0.05) is 24.1 Å². The van der Waals surface area contributed by atoms with E-state index in [1.165, 1.54) is 0 Å². The van der Waals surface area contributed by atoms with Crippen molar-refractivity contribution in [2.75, 3.05) is 18.5 Å². The van der Waals surface area contributed by atoms with Gasteiger partial charge in [0.15, 0.2) is 0 Å². The predicted molar refractivity (Wildman–Crippen MR) is 110 cm³/mol. The van der Waals surface area contributed by atoms with Crippen molar-refractivity contribution in [1.82, 2.24) is 19.5 Å². The number of nitrogens with zero attached hydrogens (tertiary/aromatic N) is 4. The first kappa shape index (κ1) is 18.5. The number of fused-ring (bicyclic) bond motifs is 1. The first-order valence-electron chi connectivity index (χ1n) is 9.95. The van der Waals surface area contributed by atoms with Crippen LogP contribution in [0.1, 0.15) is 40.7 Å². The largest absolute Gasteiger partial charge is 0.381 e. The SMILES string of the molecule is Cc1ccc(-c2noc([C@@H]3CCCOC3)n2)cc1NC(=O)c1cnc2ccccn12. The Morgan fingerprint density at radius 2 is 2.20 bits per heavy atom. The Bertz CT molecular complexity index is 1210. The number of hydrogen-bond donors (Lipinski definition) is 1. The van der Waals surface area contributed by atoms with Gasteiger partial charge in [-0.3, -0.25) is 9.20 Å². The Kier molecular flexibility index (Phi) is 4.76. The fourth-order valence-electron chi connectivity index (χ4n) is 3.64. The molecule has 1 saturated heterocycles. The van der Waals surface area contributed by atoms with Crippen LogP contribution in [-0.2, 0) is 4.74 Å². The molecule has 4 aromatic rings. The first-order chi connectivity index (χ1) is 14.7. The molecule has 1 atom stereocenters. The number of aryl methyl sites for hydroxylation is 1. The second-order valence-corrected chi connectivity index (χ2v) is 7.43. The number of pyridine rings is 1. The van der Waals surface area contributed by atoms with Gasteiger partial charge in [0.1, 0.15) is 11.3 Å². The van der Waals surface area contributed by atoms with Crippen LogP contribution < -0.4 is 5.32 Å². The lowest BCUT2D eigenvalue weighted by molar-refractivity contribution is 0.0705. The third-order valence-corrected chi connectivity index (χ3v) is 5.34. The Labute approximate surface area is 172 Å². The summed E-state index contributed by atoms with van der Waals surface area (Å²) < 4.78 is 12.7. The molecule has 1 N–H and O–H groups in total. The highest BCUT2D eigenvalue weighted by Crippen LogP contribution is 2.28. The number of imidazole rings is 1. The van der Waals surface area contributed by atoms with Crippen LogP contribution in [0.3, 0.4) is 0 Å². The van der Waals surface area contributed by atoms with Crippen LogP contribution in [0, 0.1) is 6.92 Å². The van der Waals surface area contributed by atoms with E-state index in [0.29, 0.717) is 29.7 Å². The van der Waals surface area contributed by atoms with E-state index in [0.717, 1.165) is 36.2 Å². The molecule has 0 spiro atoms. The molecule has 152 valence electrons. The average molecular weight is 403 g/mol. The van der Waals surface area contributed by atoms with Crippen molar-refractivity contribution in [3.05, 3.63) is 65.9 Å². The monoisotopic (exact) mass is 403 g/mol. The summed E-state index contributed by atoms with van der Waals surface area (Å²) >= 11 is 0. The summed E-state index contributed by atoms with van der Waals surface area (Å²) in [4.78, 5) is 21.7. The molecule has 0 radical (unpaired) electrons. The third kappa shape index (κ3) is 3.46. The molecule has 8 nitrogen and oxygen atoms in total. The van der Waals surface area contributed by atoms with Gasteiger partial charge in [0.05, 0.1) is 18.7 Å². The van der Waals surface area contributed by atoms with Crippen molar-refractivity contribution in [1.29, 1.82) is 0 Å². The van der Waals surface area contributed by atoms with E-state index in [2.05, 4.69) is 20.4 Å². The van der Waals surface area contributed by atoms with Crippen LogP contribution >= 0.6 is 0 Å². The Balaban J connectivity index is 1.40. The molecule has 30 heavy (non-hydrogen) atoms. The molecule has 1 aromatic carbocycles. The van der Waals surface area contributed by atoms with Crippen molar-refractivity contribution >= 4 is 17.2 Å². The van der Waals surface area contributed by atoms with E-state index in [-0.39, 0.29) is 11.8 Å². The van der Waals surface area contributed by atoms with Gasteiger partial charge in [-0.05, 0) is 43.5 Å². The third-order valence-electron chi connectivity index (χ3n) is 5.34. The van der Waals surface area contributed by atoms with Crippen LogP contribution in [0.2, 0.25) is 0 Å². The number of carbonyl (C=O) groups excluding carboxylic acids is 1. The second kappa shape index (κ2) is 7.72. The van der Waals surface area contributed by atoms with Gasteiger partial charge in [-0.25, -0.2) is 4.98 Å². The lowest BCUT2D eigenvalue weighted by Gasteiger charge is -2.18. The van der Waals surface area contributed by atoms with Gasteiger partial charge < -0.3 is 14.6 Å². The Hall–Kier alpha value is -3.52. The van der Waals surface area contributed by atoms with Gasteiger partial charge >= 0.3 is 0 Å². The molecule has 0 saturated carbocycles. The van der Waals surface area contributed by atoms with Gasteiger partial charge in [-0.2, -0.15) is 4.98 Å². The number of amides is 1. The van der Waals surface area contributed by atoms with Crippen LogP contribution in [0.5, 0.6) is 0 Å². The summed E-state index contributed by atoms with van der Waals surface area (Å²) in [6, 6.07) is 11.3. The average Bonchev–Trinajstić information content (AvgIpc) is 3.43. The summed E-state index contributed by atoms with van der Waals surface area (Å²) in [5.41, 5.74) is 3.59. The summed E-state index contributed by atoms with van der Waals surface area (Å²) in [5, 5.41) is 7.11. The van der Waals surface area contributed by atoms with E-state index >= 15 is 0 Å². The minimum atomic E-state index is -0.234. The number of anilines is 1. The molecular weight excluding hydrogens is 382 g/mol. The number of hydrogen-bond acceptors (Lipinski definition) is 6. The summed E-state index contributed by atoms with van der Waals surface area (Å²) in [6.45, 7) is 3.33. The van der Waals surface area contributed by atoms with Crippen LogP contribution in [0.25, 0.3) is 17.0 Å². The minimum absolute atomic E-state index is 0.139. The number of benzene rings is 1. The van der Waals surface area contributed by atoms with Crippen LogP contribution in [0.15, 0.2) is 53.3 Å². The predicted octanol–water partition coefficient (Wildman–Crippen LogP) is 3.84. The Morgan fingerprint density at radius 3 is 3.07 bits per heavy atom. The smallest absolute Gasteiger partial charge is 0.274 e. The minimum Gasteiger partial charge on any atom is -0.381 e. The van der Waals surface area contributed by atoms with Crippen molar-refractivity contribution in [2.45, 2.75) is 25.7 Å². The molecule has 3 aromatic heterocycles. The van der Waals surface area contributed by atoms with Crippen molar-refractivity contribution in [3.63, 3.8) is 0 Å². The van der Waals surface area contributed by atoms with Crippen LogP contribution in [-0.4, -0.2) is 38.6 Å². The zero-order valence-corrected chi connectivity index (χ0v) is 16.5. The molecule has 1 fully saturated rings. The molecule has 1 aliphatic rings. The van der Waals surface area contributed by atoms with E-state index in [1.807, 2.05) is 49.5 Å². The lowest BCUT2D eigenvalue weighted by Crippen LogP contribution is -2.15. The number of nitrogens with one attached hydrogen (secondary N) is 1. The maximum Gasteiger partial charge on any atom is 0.274 e. The molecule has 4 heterocycles. The van der Waals surface area contributed by atoms with Gasteiger partial charge in [0.2, 0.25) is 11.7 Å². The van der Waals surface area contributed by atoms with Crippen LogP contribution in [0.4, 0.5) is 5.69 Å². The standard InChI is InChI=1S/C22H21N5O3/c1-14-7-8-15(20-25-22(30-26-20)16-5-4-10-29-13-16)11-17(14)24-21(28)18-12-23-19-6-2-3-9-27(18)19/h2-3,6-9,11-12,16H,4-5,10,13H2,1H3,(H,24,28)/t16-/m1/s1. The number of ether oxygens (including phenoxy) is 1. The zero-order chi connectivity index (χ0) is 20.5. The van der Waals surface area contributed by atoms with E-state index in [9.17, 15) is 4.79 Å². The molecule has 5 rings (SSSR count). The maximum atomic E-state index is 12.9. The highest BCUT2D eigenvalue weighted by atomic mass is 16.5. The number of rotatable bonds is 4. The van der Waals surface area contributed by atoms with E-state index in [1.54, 1.807) is 10.6 Å². The Morgan fingerprint density at radius 1 is 1.27 bits per heavy atom. The quantitative estimate of drug-likeness (QED) is 0.556. The summed E-state index contributed by atoms with van der Waals surface area (Å²) in [6.07, 6.45) is 5.36. The molecular formula is C22H21N5O3. The summed E-state index contributed by atoms with van der Waals surface area (Å²) in [7, 11) is 0. The molecule has 0 unspecified atom stereocenters. The molecule has 1 amide bonds. The van der Waals surface area contributed by atoms with Gasteiger partial charge in [-0.1, -0.05) is 23.4 Å². The van der Waals surface area contributed by atoms with E-state index in [4.69, 9.17) is 9.26 Å².